The summed E-state index contributed by atoms with van der Waals surface area (Å²) >= 11 is 0. The van der Waals surface area contributed by atoms with Crippen molar-refractivity contribution in [2.75, 3.05) is 0 Å². The van der Waals surface area contributed by atoms with Gasteiger partial charge in [0.2, 0.25) is 0 Å². The molecule has 0 aromatic rings. The summed E-state index contributed by atoms with van der Waals surface area (Å²) in [5, 5.41) is 0. The minimum Gasteiger partial charge on any atom is -0.0993 e. The molecule has 0 N–H and O–H groups in total. The van der Waals surface area contributed by atoms with E-state index in [0.717, 1.165) is 11.8 Å². The van der Waals surface area contributed by atoms with Gasteiger partial charge in [0.15, 0.2) is 0 Å². The Labute approximate surface area is 102 Å². The van der Waals surface area contributed by atoms with Crippen LogP contribution in [-0.2, 0) is 0 Å². The van der Waals surface area contributed by atoms with E-state index in [1.54, 1.807) is 0 Å². The van der Waals surface area contributed by atoms with Gasteiger partial charge in [-0.05, 0) is 32.1 Å². The molecule has 1 unspecified atom stereocenters. The molecule has 0 amide bonds. The Morgan fingerprint density at radius 1 is 1.31 bits per heavy atom. The molecule has 1 fully saturated rings. The number of rotatable bonds is 4. The molecule has 0 heteroatoms. The number of allylic oxidation sites excluding steroid dienone is 3. The Morgan fingerprint density at radius 3 is 2.31 bits per heavy atom. The Bertz CT molecular complexity index is 253. The van der Waals surface area contributed by atoms with E-state index in [4.69, 9.17) is 0 Å². The topological polar surface area (TPSA) is 0 Å². The van der Waals surface area contributed by atoms with Crippen LogP contribution >= 0.6 is 0 Å². The summed E-state index contributed by atoms with van der Waals surface area (Å²) in [6.45, 7) is 13.2. The van der Waals surface area contributed by atoms with E-state index in [9.17, 15) is 0 Å². The molecule has 1 aliphatic carbocycles. The molecule has 16 heavy (non-hydrogen) atoms. The van der Waals surface area contributed by atoms with E-state index < -0.39 is 0 Å². The van der Waals surface area contributed by atoms with Gasteiger partial charge in [-0.25, -0.2) is 0 Å². The maximum atomic E-state index is 4.18. The van der Waals surface area contributed by atoms with Crippen molar-refractivity contribution in [3.8, 4) is 0 Å². The van der Waals surface area contributed by atoms with Crippen molar-refractivity contribution in [1.29, 1.82) is 0 Å². The molecule has 1 saturated carbocycles. The molecule has 0 aromatic carbocycles. The highest BCUT2D eigenvalue weighted by Gasteiger charge is 2.28. The minimum absolute atomic E-state index is 0.222. The molecule has 0 radical (unpaired) electrons. The number of hydrogen-bond donors (Lipinski definition) is 0. The fraction of sp³-hybridized carbons (Fsp3) is 0.750. The predicted octanol–water partition coefficient (Wildman–Crippen LogP) is 5.36. The maximum absolute atomic E-state index is 4.18. The molecular formula is C16H28. The molecule has 0 spiro atoms. The van der Waals surface area contributed by atoms with E-state index in [2.05, 4.69) is 46.4 Å². The van der Waals surface area contributed by atoms with Crippen molar-refractivity contribution in [1.82, 2.24) is 0 Å². The van der Waals surface area contributed by atoms with Crippen molar-refractivity contribution in [2.45, 2.75) is 59.8 Å². The average molecular weight is 220 g/mol. The van der Waals surface area contributed by atoms with Crippen molar-refractivity contribution in [3.63, 3.8) is 0 Å². The highest BCUT2D eigenvalue weighted by molar-refractivity contribution is 5.16. The monoisotopic (exact) mass is 220 g/mol. The van der Waals surface area contributed by atoms with Gasteiger partial charge in [0.25, 0.3) is 0 Å². The molecular weight excluding hydrogens is 192 g/mol. The zero-order valence-electron chi connectivity index (χ0n) is 11.6. The summed E-state index contributed by atoms with van der Waals surface area (Å²) in [6.07, 6.45) is 11.5. The van der Waals surface area contributed by atoms with E-state index in [1.165, 1.54) is 37.7 Å². The van der Waals surface area contributed by atoms with Gasteiger partial charge in [-0.3, -0.25) is 0 Å². The smallest absolute Gasteiger partial charge is 0.00595 e. The Morgan fingerprint density at radius 2 is 1.88 bits per heavy atom. The molecule has 92 valence electrons. The SMILES string of the molecule is C=C(C)C(C)(C=CC)CC1CCC(C)CC1. The first-order valence-corrected chi connectivity index (χ1v) is 6.78. The molecule has 0 nitrogen and oxygen atoms in total. The third-order valence-corrected chi connectivity index (χ3v) is 4.36. The van der Waals surface area contributed by atoms with E-state index in [1.807, 2.05) is 0 Å². The van der Waals surface area contributed by atoms with E-state index in [0.29, 0.717) is 0 Å². The van der Waals surface area contributed by atoms with Crippen molar-refractivity contribution < 1.29 is 0 Å². The Balaban J connectivity index is 2.59. The van der Waals surface area contributed by atoms with Gasteiger partial charge in [-0.15, -0.1) is 0 Å². The summed E-state index contributed by atoms with van der Waals surface area (Å²) in [7, 11) is 0. The normalized spacial score (nSPS) is 30.2. The lowest BCUT2D eigenvalue weighted by Crippen LogP contribution is -2.22. The highest BCUT2D eigenvalue weighted by Crippen LogP contribution is 2.40. The minimum atomic E-state index is 0.222. The maximum Gasteiger partial charge on any atom is 0.00595 e. The van der Waals surface area contributed by atoms with Crippen LogP contribution in [0.5, 0.6) is 0 Å². The van der Waals surface area contributed by atoms with Gasteiger partial charge in [0, 0.05) is 5.41 Å². The van der Waals surface area contributed by atoms with E-state index in [-0.39, 0.29) is 5.41 Å². The highest BCUT2D eigenvalue weighted by atomic mass is 14.3. The lowest BCUT2D eigenvalue weighted by molar-refractivity contribution is 0.236. The van der Waals surface area contributed by atoms with Gasteiger partial charge in [0.1, 0.15) is 0 Å². The first-order chi connectivity index (χ1) is 7.48. The third kappa shape index (κ3) is 3.50. The molecule has 0 saturated heterocycles. The molecule has 1 rings (SSSR count). The van der Waals surface area contributed by atoms with Crippen LogP contribution in [0.2, 0.25) is 0 Å². The molecule has 1 aliphatic rings. The Kier molecular flexibility index (Phi) is 4.83. The van der Waals surface area contributed by atoms with Crippen molar-refractivity contribution in [2.24, 2.45) is 17.3 Å². The van der Waals surface area contributed by atoms with Crippen molar-refractivity contribution >= 4 is 0 Å². The van der Waals surface area contributed by atoms with Crippen LogP contribution in [0.15, 0.2) is 24.3 Å². The van der Waals surface area contributed by atoms with Crippen LogP contribution in [0.4, 0.5) is 0 Å². The second-order valence-electron chi connectivity index (χ2n) is 6.03. The van der Waals surface area contributed by atoms with Gasteiger partial charge in [-0.2, -0.15) is 0 Å². The van der Waals surface area contributed by atoms with Crippen LogP contribution in [0, 0.1) is 17.3 Å². The van der Waals surface area contributed by atoms with Crippen molar-refractivity contribution in [3.05, 3.63) is 24.3 Å². The lowest BCUT2D eigenvalue weighted by Gasteiger charge is -2.34. The Hall–Kier alpha value is -0.520. The van der Waals surface area contributed by atoms with Gasteiger partial charge < -0.3 is 0 Å². The van der Waals surface area contributed by atoms with Gasteiger partial charge in [0.05, 0.1) is 0 Å². The quantitative estimate of drug-likeness (QED) is 0.559. The predicted molar refractivity (Wildman–Crippen MR) is 73.5 cm³/mol. The average Bonchev–Trinajstić information content (AvgIpc) is 2.22. The first-order valence-electron chi connectivity index (χ1n) is 6.78. The van der Waals surface area contributed by atoms with Crippen LogP contribution in [0.25, 0.3) is 0 Å². The fourth-order valence-electron chi connectivity index (χ4n) is 2.89. The molecule has 0 aliphatic heterocycles. The number of hydrogen-bond acceptors (Lipinski definition) is 0. The largest absolute Gasteiger partial charge is 0.0993 e. The zero-order valence-corrected chi connectivity index (χ0v) is 11.6. The van der Waals surface area contributed by atoms with E-state index >= 15 is 0 Å². The second-order valence-corrected chi connectivity index (χ2v) is 6.03. The lowest BCUT2D eigenvalue weighted by atomic mass is 9.71. The van der Waals surface area contributed by atoms with Crippen LogP contribution < -0.4 is 0 Å². The standard InChI is InChI=1S/C16H28/c1-6-11-16(5,13(2)3)12-15-9-7-14(4)8-10-15/h6,11,14-15H,2,7-10,12H2,1,3-5H3. The zero-order chi connectivity index (χ0) is 12.2. The summed E-state index contributed by atoms with van der Waals surface area (Å²) < 4.78 is 0. The summed E-state index contributed by atoms with van der Waals surface area (Å²) in [4.78, 5) is 0. The molecule has 0 bridgehead atoms. The molecule has 1 atom stereocenters. The summed E-state index contributed by atoms with van der Waals surface area (Å²) in [5.41, 5.74) is 1.53. The third-order valence-electron chi connectivity index (χ3n) is 4.36. The molecule has 0 heterocycles. The molecule has 0 aromatic heterocycles. The van der Waals surface area contributed by atoms with Crippen LogP contribution in [-0.4, -0.2) is 0 Å². The van der Waals surface area contributed by atoms with Crippen LogP contribution in [0.3, 0.4) is 0 Å². The first kappa shape index (κ1) is 13.5. The van der Waals surface area contributed by atoms with Crippen LogP contribution in [0.1, 0.15) is 59.8 Å². The summed E-state index contributed by atoms with van der Waals surface area (Å²) in [6, 6.07) is 0. The van der Waals surface area contributed by atoms with Gasteiger partial charge in [-0.1, -0.05) is 63.8 Å². The second kappa shape index (κ2) is 5.70. The summed E-state index contributed by atoms with van der Waals surface area (Å²) in [5.74, 6) is 1.86. The fourth-order valence-corrected chi connectivity index (χ4v) is 2.89. The van der Waals surface area contributed by atoms with Gasteiger partial charge >= 0.3 is 0 Å².